The highest BCUT2D eigenvalue weighted by Crippen LogP contribution is 2.32. The van der Waals surface area contributed by atoms with Crippen LogP contribution in [0.2, 0.25) is 12.6 Å². The third-order valence-electron chi connectivity index (χ3n) is 5.05. The van der Waals surface area contributed by atoms with Crippen LogP contribution >= 0.6 is 0 Å². The zero-order valence-electron chi connectivity index (χ0n) is 13.5. The van der Waals surface area contributed by atoms with Crippen molar-refractivity contribution in [1.82, 2.24) is 0 Å². The van der Waals surface area contributed by atoms with E-state index in [1.165, 1.54) is 5.69 Å². The standard InChI is InChI=1S/C17H21BN2O3/c1-3-18(4-2)19-12-6-5-7-16(19)13-17(23-18)14-8-10-15(11-9-14)20(21)22/h5-12,17H,3-4,13H2,1-2H3. The predicted molar refractivity (Wildman–Crippen MR) is 89.4 cm³/mol. The number of pyridine rings is 1. The van der Waals surface area contributed by atoms with Gasteiger partial charge in [0.05, 0.1) is 17.4 Å². The fourth-order valence-electron chi connectivity index (χ4n) is 3.61. The Morgan fingerprint density at radius 3 is 2.52 bits per heavy atom. The Morgan fingerprint density at radius 1 is 1.22 bits per heavy atom. The molecule has 1 aliphatic heterocycles. The van der Waals surface area contributed by atoms with Crippen LogP contribution in [-0.4, -0.2) is 11.4 Å². The number of nitrogens with zero attached hydrogens (tertiary/aromatic N) is 2. The molecule has 6 heteroatoms. The zero-order valence-corrected chi connectivity index (χ0v) is 13.5. The molecule has 0 N–H and O–H groups in total. The lowest BCUT2D eigenvalue weighted by atomic mass is 9.45. The highest BCUT2D eigenvalue weighted by molar-refractivity contribution is 6.65. The molecular formula is C17H21BN2O3. The van der Waals surface area contributed by atoms with Crippen molar-refractivity contribution in [1.29, 1.82) is 0 Å². The van der Waals surface area contributed by atoms with E-state index in [0.717, 1.165) is 24.6 Å². The fraction of sp³-hybridized carbons (Fsp3) is 0.353. The predicted octanol–water partition coefficient (Wildman–Crippen LogP) is 3.53. The summed E-state index contributed by atoms with van der Waals surface area (Å²) in [6.45, 7) is 3.20. The van der Waals surface area contributed by atoms with Crippen LogP contribution in [0.25, 0.3) is 0 Å². The summed E-state index contributed by atoms with van der Waals surface area (Å²) in [6.07, 6.45) is 4.69. The lowest BCUT2D eigenvalue weighted by molar-refractivity contribution is -0.581. The van der Waals surface area contributed by atoms with Crippen LogP contribution in [0, 0.1) is 10.1 Å². The van der Waals surface area contributed by atoms with Gasteiger partial charge >= 0.3 is 6.48 Å². The Balaban J connectivity index is 1.98. The maximum absolute atomic E-state index is 10.8. The third-order valence-corrected chi connectivity index (χ3v) is 5.05. The molecule has 120 valence electrons. The first-order valence-electron chi connectivity index (χ1n) is 8.19. The second kappa shape index (κ2) is 6.12. The Morgan fingerprint density at radius 2 is 1.91 bits per heavy atom. The minimum Gasteiger partial charge on any atom is -0.526 e. The number of hydrogen-bond acceptors (Lipinski definition) is 3. The summed E-state index contributed by atoms with van der Waals surface area (Å²) in [5.41, 5.74) is 2.37. The van der Waals surface area contributed by atoms with Crippen molar-refractivity contribution in [2.24, 2.45) is 0 Å². The van der Waals surface area contributed by atoms with Crippen LogP contribution in [0.15, 0.2) is 48.7 Å². The van der Waals surface area contributed by atoms with Crippen LogP contribution < -0.4 is 4.48 Å². The minimum absolute atomic E-state index is 0.0573. The first-order valence-corrected chi connectivity index (χ1v) is 8.19. The summed E-state index contributed by atoms with van der Waals surface area (Å²) in [5, 5.41) is 10.8. The maximum Gasteiger partial charge on any atom is 0.405 e. The topological polar surface area (TPSA) is 56.3 Å². The minimum atomic E-state index is -1.12. The Hall–Kier alpha value is -2.21. The van der Waals surface area contributed by atoms with Gasteiger partial charge in [0.25, 0.3) is 5.69 Å². The molecule has 2 heterocycles. The van der Waals surface area contributed by atoms with Gasteiger partial charge in [0, 0.05) is 18.2 Å². The monoisotopic (exact) mass is 312 g/mol. The van der Waals surface area contributed by atoms with Crippen LogP contribution in [0.5, 0.6) is 0 Å². The number of fused-ring (bicyclic) bond motifs is 1. The van der Waals surface area contributed by atoms with Crippen molar-refractivity contribution in [2.45, 2.75) is 39.0 Å². The largest absolute Gasteiger partial charge is 0.526 e. The summed E-state index contributed by atoms with van der Waals surface area (Å²) >= 11 is 0. The highest BCUT2D eigenvalue weighted by Gasteiger charge is 2.43. The molecule has 3 rings (SSSR count). The second-order valence-electron chi connectivity index (χ2n) is 6.19. The molecule has 5 nitrogen and oxygen atoms in total. The summed E-state index contributed by atoms with van der Waals surface area (Å²) in [5.74, 6) is 0. The van der Waals surface area contributed by atoms with E-state index in [2.05, 4.69) is 36.7 Å². The van der Waals surface area contributed by atoms with Crippen LogP contribution in [0.3, 0.4) is 0 Å². The Bertz CT molecular complexity index is 714. The van der Waals surface area contributed by atoms with Crippen molar-refractivity contribution in [3.8, 4) is 0 Å². The van der Waals surface area contributed by atoms with Crippen molar-refractivity contribution in [3.63, 3.8) is 0 Å². The molecule has 1 atom stereocenters. The van der Waals surface area contributed by atoms with Gasteiger partial charge in [0.2, 0.25) is 0 Å². The van der Waals surface area contributed by atoms with E-state index in [9.17, 15) is 10.1 Å². The molecule has 23 heavy (non-hydrogen) atoms. The second-order valence-corrected chi connectivity index (χ2v) is 6.19. The molecule has 0 fully saturated rings. The van der Waals surface area contributed by atoms with E-state index in [0.29, 0.717) is 0 Å². The average molecular weight is 312 g/mol. The van der Waals surface area contributed by atoms with E-state index in [4.69, 9.17) is 4.65 Å². The van der Waals surface area contributed by atoms with Gasteiger partial charge in [-0.15, -0.1) is 0 Å². The molecular weight excluding hydrogens is 291 g/mol. The normalized spacial score (nSPS) is 19.1. The molecule has 2 aromatic rings. The van der Waals surface area contributed by atoms with E-state index in [1.807, 2.05) is 18.2 Å². The quantitative estimate of drug-likeness (QED) is 0.493. The van der Waals surface area contributed by atoms with Gasteiger partial charge in [-0.25, -0.2) is 0 Å². The Labute approximate surface area is 136 Å². The lowest BCUT2D eigenvalue weighted by Gasteiger charge is -2.42. The van der Waals surface area contributed by atoms with Gasteiger partial charge < -0.3 is 9.13 Å². The molecule has 0 amide bonds. The molecule has 1 aliphatic rings. The number of aromatic nitrogens is 1. The van der Waals surface area contributed by atoms with E-state index >= 15 is 0 Å². The van der Waals surface area contributed by atoms with E-state index in [1.54, 1.807) is 12.1 Å². The zero-order chi connectivity index (χ0) is 16.4. The molecule has 1 aromatic carbocycles. The van der Waals surface area contributed by atoms with Gasteiger partial charge in [-0.1, -0.05) is 32.6 Å². The van der Waals surface area contributed by atoms with Gasteiger partial charge in [-0.3, -0.25) is 10.1 Å². The van der Waals surface area contributed by atoms with Gasteiger partial charge in [0.15, 0.2) is 0 Å². The molecule has 1 aromatic heterocycles. The first-order chi connectivity index (χ1) is 11.1. The van der Waals surface area contributed by atoms with E-state index < -0.39 is 6.48 Å². The molecule has 0 saturated heterocycles. The average Bonchev–Trinajstić information content (AvgIpc) is 2.60. The molecule has 0 saturated carbocycles. The number of nitro benzene ring substituents is 1. The first kappa shape index (κ1) is 15.7. The van der Waals surface area contributed by atoms with Crippen LogP contribution in [-0.2, 0) is 11.1 Å². The molecule has 0 bridgehead atoms. The third kappa shape index (κ3) is 2.74. The number of hydrogen-bond donors (Lipinski definition) is 0. The summed E-state index contributed by atoms with van der Waals surface area (Å²) in [6, 6.07) is 13.0. The SMILES string of the molecule is CC[B-]1(CC)OC(c2ccc([N+](=O)[O-])cc2)Cc2cccc[n+]21. The van der Waals surface area contributed by atoms with Crippen molar-refractivity contribution in [3.05, 3.63) is 70.0 Å². The maximum atomic E-state index is 10.8. The Kier molecular flexibility index (Phi) is 4.17. The highest BCUT2D eigenvalue weighted by atomic mass is 16.6. The number of nitro groups is 1. The summed E-state index contributed by atoms with van der Waals surface area (Å²) in [7, 11) is 0. The molecule has 0 radical (unpaired) electrons. The number of non-ortho nitro benzene ring substituents is 1. The molecule has 0 aliphatic carbocycles. The van der Waals surface area contributed by atoms with Gasteiger partial charge in [-0.05, 0) is 23.8 Å². The summed E-state index contributed by atoms with van der Waals surface area (Å²) < 4.78 is 8.83. The summed E-state index contributed by atoms with van der Waals surface area (Å²) in [4.78, 5) is 10.4. The van der Waals surface area contributed by atoms with Crippen molar-refractivity contribution in [2.75, 3.05) is 0 Å². The van der Waals surface area contributed by atoms with Gasteiger partial charge in [0.1, 0.15) is 11.9 Å². The number of rotatable bonds is 4. The number of benzene rings is 1. The molecule has 1 unspecified atom stereocenters. The van der Waals surface area contributed by atoms with Crippen LogP contribution in [0.1, 0.15) is 31.2 Å². The van der Waals surface area contributed by atoms with Crippen LogP contribution in [0.4, 0.5) is 5.69 Å². The fourth-order valence-corrected chi connectivity index (χ4v) is 3.61. The van der Waals surface area contributed by atoms with Crippen molar-refractivity contribution >= 4 is 12.2 Å². The van der Waals surface area contributed by atoms with Crippen molar-refractivity contribution < 1.29 is 14.1 Å². The van der Waals surface area contributed by atoms with Gasteiger partial charge in [-0.2, -0.15) is 0 Å². The smallest absolute Gasteiger partial charge is 0.405 e. The molecule has 0 spiro atoms. The lowest BCUT2D eigenvalue weighted by Crippen LogP contribution is -2.70. The van der Waals surface area contributed by atoms with E-state index in [-0.39, 0.29) is 16.7 Å².